The van der Waals surface area contributed by atoms with E-state index in [2.05, 4.69) is 34.7 Å². The summed E-state index contributed by atoms with van der Waals surface area (Å²) in [5.41, 5.74) is 2.83. The van der Waals surface area contributed by atoms with E-state index in [1.807, 2.05) is 54.6 Å². The molecule has 0 bridgehead atoms. The van der Waals surface area contributed by atoms with Gasteiger partial charge < -0.3 is 5.32 Å². The van der Waals surface area contributed by atoms with Gasteiger partial charge in [0, 0.05) is 5.69 Å². The average molecular weight is 353 g/mol. The zero-order valence-electron chi connectivity index (χ0n) is 14.1. The second kappa shape index (κ2) is 7.94. The van der Waals surface area contributed by atoms with Gasteiger partial charge in [-0.3, -0.25) is 4.79 Å². The fourth-order valence-corrected chi connectivity index (χ4v) is 3.12. The van der Waals surface area contributed by atoms with Gasteiger partial charge in [-0.15, -0.1) is 5.10 Å². The number of aromatic nitrogens is 4. The number of nitrogens with one attached hydrogen (secondary N) is 1. The summed E-state index contributed by atoms with van der Waals surface area (Å²) >= 11 is 1.30. The van der Waals surface area contributed by atoms with Crippen LogP contribution in [0.3, 0.4) is 0 Å². The van der Waals surface area contributed by atoms with Crippen LogP contribution in [-0.4, -0.2) is 31.9 Å². The lowest BCUT2D eigenvalue weighted by Gasteiger charge is -2.13. The number of para-hydroxylation sites is 2. The number of benzene rings is 2. The first kappa shape index (κ1) is 17.2. The lowest BCUT2D eigenvalue weighted by Crippen LogP contribution is -2.16. The number of hydrogen-bond donors (Lipinski definition) is 1. The zero-order valence-corrected chi connectivity index (χ0v) is 14.9. The van der Waals surface area contributed by atoms with Crippen molar-refractivity contribution in [1.82, 2.24) is 20.2 Å². The molecule has 0 spiro atoms. The topological polar surface area (TPSA) is 72.7 Å². The molecule has 7 heteroatoms. The molecule has 0 fully saturated rings. The highest BCUT2D eigenvalue weighted by Gasteiger charge is 2.13. The first-order valence-corrected chi connectivity index (χ1v) is 8.99. The minimum Gasteiger partial charge on any atom is -0.325 e. The van der Waals surface area contributed by atoms with Crippen LogP contribution in [0.15, 0.2) is 59.8 Å². The Morgan fingerprint density at radius 2 is 1.84 bits per heavy atom. The number of rotatable bonds is 6. The molecule has 0 aliphatic heterocycles. The molecule has 0 saturated heterocycles. The molecule has 0 radical (unpaired) electrons. The minimum atomic E-state index is -0.0827. The second-order valence-corrected chi connectivity index (χ2v) is 6.73. The molecule has 3 rings (SSSR count). The monoisotopic (exact) mass is 353 g/mol. The van der Waals surface area contributed by atoms with Crippen molar-refractivity contribution in [2.24, 2.45) is 0 Å². The summed E-state index contributed by atoms with van der Waals surface area (Å²) in [5, 5.41) is 15.3. The van der Waals surface area contributed by atoms with E-state index in [4.69, 9.17) is 0 Å². The van der Waals surface area contributed by atoms with Crippen molar-refractivity contribution in [3.8, 4) is 5.69 Å². The van der Waals surface area contributed by atoms with Crippen LogP contribution in [0.25, 0.3) is 5.69 Å². The molecule has 0 atom stereocenters. The standard InChI is InChI=1S/C18H19N5OS/c1-13(2)15-10-6-7-11-16(15)19-17(24)12-25-18-20-21-22-23(18)14-8-4-3-5-9-14/h3-11,13H,12H2,1-2H3,(H,19,24). The third kappa shape index (κ3) is 4.24. The molecule has 0 aliphatic carbocycles. The molecular weight excluding hydrogens is 334 g/mol. The predicted molar refractivity (Wildman–Crippen MR) is 99.0 cm³/mol. The van der Waals surface area contributed by atoms with Crippen LogP contribution in [0.1, 0.15) is 25.3 Å². The summed E-state index contributed by atoms with van der Waals surface area (Å²) in [6.07, 6.45) is 0. The fraction of sp³-hybridized carbons (Fsp3) is 0.222. The number of anilines is 1. The van der Waals surface area contributed by atoms with Crippen molar-refractivity contribution >= 4 is 23.4 Å². The molecule has 0 unspecified atom stereocenters. The van der Waals surface area contributed by atoms with Crippen LogP contribution < -0.4 is 5.32 Å². The molecule has 6 nitrogen and oxygen atoms in total. The van der Waals surface area contributed by atoms with E-state index >= 15 is 0 Å². The van der Waals surface area contributed by atoms with Crippen molar-refractivity contribution in [2.45, 2.75) is 24.9 Å². The third-order valence-corrected chi connectivity index (χ3v) is 4.55. The molecule has 128 valence electrons. The van der Waals surface area contributed by atoms with Crippen LogP contribution >= 0.6 is 11.8 Å². The largest absolute Gasteiger partial charge is 0.325 e. The zero-order chi connectivity index (χ0) is 17.6. The summed E-state index contributed by atoms with van der Waals surface area (Å²) in [7, 11) is 0. The summed E-state index contributed by atoms with van der Waals surface area (Å²) in [5.74, 6) is 0.495. The highest BCUT2D eigenvalue weighted by molar-refractivity contribution is 7.99. The van der Waals surface area contributed by atoms with Crippen LogP contribution in [0.4, 0.5) is 5.69 Å². The van der Waals surface area contributed by atoms with Gasteiger partial charge in [0.05, 0.1) is 11.4 Å². The summed E-state index contributed by atoms with van der Waals surface area (Å²) in [4.78, 5) is 12.3. The number of hydrogen-bond acceptors (Lipinski definition) is 5. The maximum atomic E-state index is 12.3. The van der Waals surface area contributed by atoms with Gasteiger partial charge in [-0.2, -0.15) is 4.68 Å². The number of carbonyl (C=O) groups is 1. The lowest BCUT2D eigenvalue weighted by molar-refractivity contribution is -0.113. The normalized spacial score (nSPS) is 10.8. The fourth-order valence-electron chi connectivity index (χ4n) is 2.43. The SMILES string of the molecule is CC(C)c1ccccc1NC(=O)CSc1nnnn1-c1ccccc1. The van der Waals surface area contributed by atoms with E-state index in [0.717, 1.165) is 16.9 Å². The Hall–Kier alpha value is -2.67. The van der Waals surface area contributed by atoms with Crippen molar-refractivity contribution in [1.29, 1.82) is 0 Å². The van der Waals surface area contributed by atoms with E-state index in [1.165, 1.54) is 11.8 Å². The Bertz CT molecular complexity index is 847. The molecule has 1 amide bonds. The van der Waals surface area contributed by atoms with Crippen LogP contribution in [0.5, 0.6) is 0 Å². The Labute approximate surface area is 150 Å². The van der Waals surface area contributed by atoms with E-state index in [1.54, 1.807) is 4.68 Å². The molecule has 1 aromatic heterocycles. The van der Waals surface area contributed by atoms with Crippen molar-refractivity contribution < 1.29 is 4.79 Å². The smallest absolute Gasteiger partial charge is 0.234 e. The number of tetrazole rings is 1. The second-order valence-electron chi connectivity index (χ2n) is 5.79. The molecule has 25 heavy (non-hydrogen) atoms. The van der Waals surface area contributed by atoms with Gasteiger partial charge in [0.1, 0.15) is 0 Å². The van der Waals surface area contributed by atoms with Gasteiger partial charge in [0.15, 0.2) is 0 Å². The van der Waals surface area contributed by atoms with Crippen molar-refractivity contribution in [2.75, 3.05) is 11.1 Å². The quantitative estimate of drug-likeness (QED) is 0.687. The van der Waals surface area contributed by atoms with Gasteiger partial charge >= 0.3 is 0 Å². The highest BCUT2D eigenvalue weighted by Crippen LogP contribution is 2.24. The van der Waals surface area contributed by atoms with Crippen LogP contribution in [0, 0.1) is 0 Å². The number of carbonyl (C=O) groups excluding carboxylic acids is 1. The molecule has 2 aromatic carbocycles. The number of thioether (sulfide) groups is 1. The predicted octanol–water partition coefficient (Wildman–Crippen LogP) is 3.52. The Kier molecular flexibility index (Phi) is 5.45. The van der Waals surface area contributed by atoms with Gasteiger partial charge in [0.2, 0.25) is 11.1 Å². The Morgan fingerprint density at radius 3 is 2.60 bits per heavy atom. The average Bonchev–Trinajstić information content (AvgIpc) is 3.09. The maximum absolute atomic E-state index is 12.3. The molecule has 0 saturated carbocycles. The van der Waals surface area contributed by atoms with Gasteiger partial charge in [-0.05, 0) is 40.1 Å². The van der Waals surface area contributed by atoms with Crippen LogP contribution in [-0.2, 0) is 4.79 Å². The van der Waals surface area contributed by atoms with Crippen molar-refractivity contribution in [3.05, 3.63) is 60.2 Å². The van der Waals surface area contributed by atoms with E-state index < -0.39 is 0 Å². The van der Waals surface area contributed by atoms with E-state index in [0.29, 0.717) is 11.1 Å². The van der Waals surface area contributed by atoms with Gasteiger partial charge in [-0.1, -0.05) is 62.0 Å². The Morgan fingerprint density at radius 1 is 1.12 bits per heavy atom. The summed E-state index contributed by atoms with van der Waals surface area (Å²) < 4.78 is 1.63. The highest BCUT2D eigenvalue weighted by atomic mass is 32.2. The van der Waals surface area contributed by atoms with Crippen LogP contribution in [0.2, 0.25) is 0 Å². The first-order chi connectivity index (χ1) is 12.1. The maximum Gasteiger partial charge on any atom is 0.234 e. The number of nitrogens with zero attached hydrogens (tertiary/aromatic N) is 4. The minimum absolute atomic E-state index is 0.0827. The van der Waals surface area contributed by atoms with E-state index in [-0.39, 0.29) is 11.7 Å². The molecule has 3 aromatic rings. The van der Waals surface area contributed by atoms with E-state index in [9.17, 15) is 4.79 Å². The molecule has 0 aliphatic rings. The molecular formula is C18H19N5OS. The van der Waals surface area contributed by atoms with Gasteiger partial charge in [-0.25, -0.2) is 0 Å². The van der Waals surface area contributed by atoms with Crippen molar-refractivity contribution in [3.63, 3.8) is 0 Å². The molecule has 1 N–H and O–H groups in total. The third-order valence-electron chi connectivity index (χ3n) is 3.63. The van der Waals surface area contributed by atoms with Gasteiger partial charge in [0.25, 0.3) is 0 Å². The Balaban J connectivity index is 1.66. The molecule has 1 heterocycles. The number of amides is 1. The summed E-state index contributed by atoms with van der Waals surface area (Å²) in [6, 6.07) is 17.5. The lowest BCUT2D eigenvalue weighted by atomic mass is 10.0. The first-order valence-electron chi connectivity index (χ1n) is 8.00. The summed E-state index contributed by atoms with van der Waals surface area (Å²) in [6.45, 7) is 4.21.